The molecule has 0 spiro atoms. The maximum atomic E-state index is 12.8. The molecule has 2 aliphatic rings. The summed E-state index contributed by atoms with van der Waals surface area (Å²) in [7, 11) is -3.34. The van der Waals surface area contributed by atoms with E-state index >= 15 is 0 Å². The highest BCUT2D eigenvalue weighted by Gasteiger charge is 2.50. The summed E-state index contributed by atoms with van der Waals surface area (Å²) >= 11 is 0. The number of benzene rings is 1. The summed E-state index contributed by atoms with van der Waals surface area (Å²) in [5.41, 5.74) is -0.772. The smallest absolute Gasteiger partial charge is 0.416 e. The van der Waals surface area contributed by atoms with Crippen LogP contribution in [0, 0.1) is 5.92 Å². The third kappa shape index (κ3) is 3.26. The second-order valence-corrected chi connectivity index (χ2v) is 8.52. The van der Waals surface area contributed by atoms with Crippen LogP contribution in [0.5, 0.6) is 5.75 Å². The van der Waals surface area contributed by atoms with Crippen molar-refractivity contribution >= 4 is 10.0 Å². The van der Waals surface area contributed by atoms with Gasteiger partial charge in [-0.2, -0.15) is 17.5 Å². The van der Waals surface area contributed by atoms with Crippen molar-refractivity contribution in [2.24, 2.45) is 5.92 Å². The minimum atomic E-state index is -4.43. The molecule has 24 heavy (non-hydrogen) atoms. The molecule has 2 bridgehead atoms. The van der Waals surface area contributed by atoms with Gasteiger partial charge in [0.15, 0.2) is 0 Å². The molecule has 0 unspecified atom stereocenters. The number of rotatable bonds is 5. The van der Waals surface area contributed by atoms with E-state index in [-0.39, 0.29) is 36.1 Å². The molecule has 3 atom stereocenters. The summed E-state index contributed by atoms with van der Waals surface area (Å²) in [5, 5.41) is 0. The molecule has 134 valence electrons. The number of piperidine rings is 1. The zero-order chi connectivity index (χ0) is 17.5. The fourth-order valence-electron chi connectivity index (χ4n) is 3.79. The first kappa shape index (κ1) is 17.5. The number of ether oxygens (including phenoxy) is 1. The molecule has 1 aromatic carbocycles. The zero-order valence-electron chi connectivity index (χ0n) is 13.3. The Morgan fingerprint density at radius 3 is 2.71 bits per heavy atom. The van der Waals surface area contributed by atoms with Crippen molar-refractivity contribution in [3.8, 4) is 5.75 Å². The average molecular weight is 363 g/mol. The van der Waals surface area contributed by atoms with Crippen LogP contribution in [-0.2, 0) is 16.2 Å². The van der Waals surface area contributed by atoms with Crippen LogP contribution < -0.4 is 4.74 Å². The second kappa shape index (κ2) is 6.22. The van der Waals surface area contributed by atoms with Gasteiger partial charge in [-0.25, -0.2) is 8.42 Å². The Morgan fingerprint density at radius 2 is 2.04 bits per heavy atom. The summed E-state index contributed by atoms with van der Waals surface area (Å²) in [6.07, 6.45) is -1.82. The summed E-state index contributed by atoms with van der Waals surface area (Å²) < 4.78 is 70.0. The standard InChI is InChI=1S/C16H20F3NO3S/c1-2-24(21,22)20-13-7-6-11(8-13)15(20)10-23-14-5-3-4-12(9-14)16(17,18)19/h3-5,9,11,13,15H,2,6-8,10H2,1H3/t11-,13-,15-/m1/s1. The lowest BCUT2D eigenvalue weighted by molar-refractivity contribution is -0.137. The number of sulfonamides is 1. The molecule has 1 aromatic rings. The highest BCUT2D eigenvalue weighted by atomic mass is 32.2. The Balaban J connectivity index is 1.74. The van der Waals surface area contributed by atoms with Crippen LogP contribution in [0.15, 0.2) is 24.3 Å². The van der Waals surface area contributed by atoms with Crippen molar-refractivity contribution in [1.82, 2.24) is 4.31 Å². The highest BCUT2D eigenvalue weighted by molar-refractivity contribution is 7.89. The van der Waals surface area contributed by atoms with E-state index in [0.29, 0.717) is 0 Å². The van der Waals surface area contributed by atoms with E-state index in [4.69, 9.17) is 4.74 Å². The van der Waals surface area contributed by atoms with Gasteiger partial charge in [-0.05, 0) is 50.3 Å². The molecule has 1 aliphatic carbocycles. The molecule has 8 heteroatoms. The lowest BCUT2D eigenvalue weighted by Gasteiger charge is -2.33. The molecule has 1 saturated carbocycles. The van der Waals surface area contributed by atoms with Crippen LogP contribution in [-0.4, -0.2) is 37.2 Å². The van der Waals surface area contributed by atoms with Gasteiger partial charge in [-0.15, -0.1) is 0 Å². The number of hydrogen-bond donors (Lipinski definition) is 0. The lowest BCUT2D eigenvalue weighted by atomic mass is 10.0. The number of nitrogens with zero attached hydrogens (tertiary/aromatic N) is 1. The molecule has 2 fully saturated rings. The van der Waals surface area contributed by atoms with Gasteiger partial charge in [0.05, 0.1) is 17.4 Å². The summed E-state index contributed by atoms with van der Waals surface area (Å²) in [6.45, 7) is 1.69. The van der Waals surface area contributed by atoms with E-state index in [9.17, 15) is 21.6 Å². The fraction of sp³-hybridized carbons (Fsp3) is 0.625. The van der Waals surface area contributed by atoms with Gasteiger partial charge in [-0.1, -0.05) is 6.07 Å². The van der Waals surface area contributed by atoms with Crippen LogP contribution in [0.1, 0.15) is 31.7 Å². The maximum Gasteiger partial charge on any atom is 0.416 e. The molecule has 1 aliphatic heterocycles. The van der Waals surface area contributed by atoms with Gasteiger partial charge >= 0.3 is 6.18 Å². The first-order valence-electron chi connectivity index (χ1n) is 8.03. The number of hydrogen-bond acceptors (Lipinski definition) is 3. The quantitative estimate of drug-likeness (QED) is 0.807. The second-order valence-electron chi connectivity index (χ2n) is 6.36. The largest absolute Gasteiger partial charge is 0.492 e. The van der Waals surface area contributed by atoms with Crippen LogP contribution in [0.2, 0.25) is 0 Å². The first-order chi connectivity index (χ1) is 11.2. The third-order valence-corrected chi connectivity index (χ3v) is 6.89. The SMILES string of the molecule is CCS(=O)(=O)N1[C@@H]2CC[C@H](C2)[C@H]1COc1cccc(C(F)(F)F)c1. The summed E-state index contributed by atoms with van der Waals surface area (Å²) in [6, 6.07) is 4.41. The van der Waals surface area contributed by atoms with Gasteiger partial charge in [0.1, 0.15) is 12.4 Å². The Bertz CT molecular complexity index is 705. The van der Waals surface area contributed by atoms with E-state index in [0.717, 1.165) is 31.4 Å². The minimum absolute atomic E-state index is 0.00931. The Morgan fingerprint density at radius 1 is 1.29 bits per heavy atom. The Labute approximate surface area is 139 Å². The minimum Gasteiger partial charge on any atom is -0.492 e. The van der Waals surface area contributed by atoms with Crippen molar-refractivity contribution in [2.45, 2.75) is 44.4 Å². The van der Waals surface area contributed by atoms with Crippen molar-refractivity contribution in [3.05, 3.63) is 29.8 Å². The number of halogens is 3. The Kier molecular flexibility index (Phi) is 4.55. The normalized spacial score (nSPS) is 27.6. The third-order valence-electron chi connectivity index (χ3n) is 4.94. The van der Waals surface area contributed by atoms with Crippen molar-refractivity contribution in [3.63, 3.8) is 0 Å². The molecule has 3 rings (SSSR count). The van der Waals surface area contributed by atoms with Crippen molar-refractivity contribution in [1.29, 1.82) is 0 Å². The van der Waals surface area contributed by atoms with Crippen LogP contribution in [0.4, 0.5) is 13.2 Å². The van der Waals surface area contributed by atoms with Crippen molar-refractivity contribution in [2.75, 3.05) is 12.4 Å². The molecular weight excluding hydrogens is 343 g/mol. The monoisotopic (exact) mass is 363 g/mol. The molecule has 0 N–H and O–H groups in total. The van der Waals surface area contributed by atoms with Crippen LogP contribution in [0.25, 0.3) is 0 Å². The molecule has 1 saturated heterocycles. The number of alkyl halides is 3. The van der Waals surface area contributed by atoms with Gasteiger partial charge in [0.2, 0.25) is 10.0 Å². The van der Waals surface area contributed by atoms with Crippen molar-refractivity contribution < 1.29 is 26.3 Å². The van der Waals surface area contributed by atoms with Gasteiger partial charge in [0, 0.05) is 6.04 Å². The van der Waals surface area contributed by atoms with E-state index in [2.05, 4.69) is 0 Å². The predicted molar refractivity (Wildman–Crippen MR) is 83.2 cm³/mol. The van der Waals surface area contributed by atoms with E-state index < -0.39 is 21.8 Å². The molecule has 1 heterocycles. The zero-order valence-corrected chi connectivity index (χ0v) is 14.1. The molecule has 0 aromatic heterocycles. The van der Waals surface area contributed by atoms with Gasteiger partial charge in [-0.3, -0.25) is 0 Å². The molecule has 0 radical (unpaired) electrons. The predicted octanol–water partition coefficient (Wildman–Crippen LogP) is 3.29. The first-order valence-corrected chi connectivity index (χ1v) is 9.64. The van der Waals surface area contributed by atoms with Gasteiger partial charge in [0.25, 0.3) is 0 Å². The molecule has 0 amide bonds. The summed E-state index contributed by atoms with van der Waals surface area (Å²) in [5.74, 6) is 0.361. The Hall–Kier alpha value is -1.28. The number of fused-ring (bicyclic) bond motifs is 2. The van der Waals surface area contributed by atoms with E-state index in [1.807, 2.05) is 0 Å². The van der Waals surface area contributed by atoms with E-state index in [1.54, 1.807) is 6.92 Å². The molecule has 4 nitrogen and oxygen atoms in total. The maximum absolute atomic E-state index is 12.8. The van der Waals surface area contributed by atoms with E-state index in [1.165, 1.54) is 16.4 Å². The summed E-state index contributed by atoms with van der Waals surface area (Å²) in [4.78, 5) is 0. The lowest BCUT2D eigenvalue weighted by Crippen LogP contribution is -2.48. The van der Waals surface area contributed by atoms with Crippen LogP contribution >= 0.6 is 0 Å². The fourth-order valence-corrected chi connectivity index (χ4v) is 5.38. The average Bonchev–Trinajstić information content (AvgIpc) is 3.13. The molecular formula is C16H20F3NO3S. The van der Waals surface area contributed by atoms with Crippen LogP contribution in [0.3, 0.4) is 0 Å². The topological polar surface area (TPSA) is 46.6 Å². The van der Waals surface area contributed by atoms with Gasteiger partial charge < -0.3 is 4.74 Å². The highest BCUT2D eigenvalue weighted by Crippen LogP contribution is 2.44.